The van der Waals surface area contributed by atoms with E-state index in [0.29, 0.717) is 12.8 Å². The molecule has 0 amide bonds. The van der Waals surface area contributed by atoms with Crippen LogP contribution in [0.25, 0.3) is 22.1 Å². The molecule has 7 nitrogen and oxygen atoms in total. The molecule has 0 N–H and O–H groups in total. The molecule has 7 heteroatoms. The summed E-state index contributed by atoms with van der Waals surface area (Å²) in [5, 5.41) is 0. The lowest BCUT2D eigenvalue weighted by molar-refractivity contribution is -0.122. The second-order valence-electron chi connectivity index (χ2n) is 10.1. The van der Waals surface area contributed by atoms with E-state index >= 15 is 0 Å². The molecule has 2 aromatic carbocycles. The van der Waals surface area contributed by atoms with Gasteiger partial charge in [0.2, 0.25) is 0 Å². The van der Waals surface area contributed by atoms with Gasteiger partial charge in [0.25, 0.3) is 0 Å². The summed E-state index contributed by atoms with van der Waals surface area (Å²) in [6.07, 6.45) is 7.64. The highest BCUT2D eigenvalue weighted by molar-refractivity contribution is 5.94. The lowest BCUT2D eigenvalue weighted by atomic mass is 9.79. The van der Waals surface area contributed by atoms with E-state index in [2.05, 4.69) is 19.9 Å². The van der Waals surface area contributed by atoms with Crippen LogP contribution in [0.5, 0.6) is 0 Å². The molecule has 0 spiro atoms. The van der Waals surface area contributed by atoms with E-state index in [0.717, 1.165) is 56.0 Å². The summed E-state index contributed by atoms with van der Waals surface area (Å²) in [4.78, 5) is 42.1. The van der Waals surface area contributed by atoms with Crippen LogP contribution in [0.3, 0.4) is 0 Å². The molecule has 0 bridgehead atoms. The summed E-state index contributed by atoms with van der Waals surface area (Å²) in [6.45, 7) is 3.93. The minimum absolute atomic E-state index is 0.0955. The highest BCUT2D eigenvalue weighted by atomic mass is 16.1. The fourth-order valence-electron chi connectivity index (χ4n) is 5.25. The van der Waals surface area contributed by atoms with E-state index in [9.17, 15) is 4.79 Å². The van der Waals surface area contributed by atoms with Crippen molar-refractivity contribution in [1.29, 1.82) is 0 Å². The van der Waals surface area contributed by atoms with Gasteiger partial charge in [-0.2, -0.15) is 0 Å². The molecule has 0 aliphatic rings. The van der Waals surface area contributed by atoms with E-state index in [-0.39, 0.29) is 5.78 Å². The van der Waals surface area contributed by atoms with Crippen molar-refractivity contribution in [2.75, 3.05) is 0 Å². The van der Waals surface area contributed by atoms with Crippen molar-refractivity contribution in [3.8, 4) is 0 Å². The van der Waals surface area contributed by atoms with Gasteiger partial charge >= 0.3 is 0 Å². The maximum atomic E-state index is 14.8. The zero-order valence-corrected chi connectivity index (χ0v) is 22.4. The van der Waals surface area contributed by atoms with E-state index in [1.807, 2.05) is 86.6 Å². The summed E-state index contributed by atoms with van der Waals surface area (Å²) in [5.41, 5.74) is 8.46. The van der Waals surface area contributed by atoms with Crippen LogP contribution in [0.4, 0.5) is 0 Å². The van der Waals surface area contributed by atoms with Crippen molar-refractivity contribution in [1.82, 2.24) is 29.9 Å². The van der Waals surface area contributed by atoms with E-state index in [4.69, 9.17) is 9.97 Å². The Balaban J connectivity index is 1.47. The molecule has 6 aromatic rings. The standard InChI is InChI=1S/C33H28N6O/c1-21-5-3-7-25(38-21)19-27(23-9-11-29-31(17-23)36-15-13-34-29)33(40)28(20-26-8-4-6-22(2)39-26)24-10-12-30-32(18-24)37-16-14-35-30/h3-18,27-28H,19-20H2,1-2H3. The maximum absolute atomic E-state index is 14.8. The van der Waals surface area contributed by atoms with Crippen molar-refractivity contribution in [3.05, 3.63) is 131 Å². The fourth-order valence-corrected chi connectivity index (χ4v) is 5.25. The van der Waals surface area contributed by atoms with Crippen molar-refractivity contribution in [2.45, 2.75) is 38.5 Å². The molecular weight excluding hydrogens is 496 g/mol. The van der Waals surface area contributed by atoms with E-state index < -0.39 is 11.8 Å². The molecule has 6 rings (SSSR count). The molecule has 2 atom stereocenters. The third-order valence-corrected chi connectivity index (χ3v) is 7.20. The molecule has 4 aromatic heterocycles. The number of carbonyl (C=O) groups is 1. The van der Waals surface area contributed by atoms with E-state index in [1.165, 1.54) is 0 Å². The van der Waals surface area contributed by atoms with Crippen LogP contribution in [-0.2, 0) is 17.6 Å². The highest BCUT2D eigenvalue weighted by Crippen LogP contribution is 2.33. The number of fused-ring (bicyclic) bond motifs is 2. The number of aryl methyl sites for hydroxylation is 2. The van der Waals surface area contributed by atoms with Crippen molar-refractivity contribution >= 4 is 27.9 Å². The molecule has 196 valence electrons. The van der Waals surface area contributed by atoms with Gasteiger partial charge in [0.05, 0.1) is 22.1 Å². The Morgan fingerprint density at radius 3 is 1.43 bits per heavy atom. The van der Waals surface area contributed by atoms with Gasteiger partial charge in [-0.25, -0.2) is 0 Å². The first-order valence-electron chi connectivity index (χ1n) is 13.3. The van der Waals surface area contributed by atoms with Gasteiger partial charge < -0.3 is 0 Å². The summed E-state index contributed by atoms with van der Waals surface area (Å²) in [6, 6.07) is 23.7. The zero-order valence-electron chi connectivity index (χ0n) is 22.4. The molecule has 4 heterocycles. The van der Waals surface area contributed by atoms with Gasteiger partial charge in [0, 0.05) is 72.2 Å². The number of pyridine rings is 2. The number of carbonyl (C=O) groups excluding carboxylic acids is 1. The van der Waals surface area contributed by atoms with Crippen LogP contribution in [-0.4, -0.2) is 35.7 Å². The Labute approximate surface area is 232 Å². The first kappa shape index (κ1) is 25.4. The molecule has 0 saturated heterocycles. The van der Waals surface area contributed by atoms with Crippen LogP contribution in [0, 0.1) is 13.8 Å². The summed E-state index contributed by atoms with van der Waals surface area (Å²) < 4.78 is 0. The van der Waals surface area contributed by atoms with E-state index in [1.54, 1.807) is 24.8 Å². The van der Waals surface area contributed by atoms with Gasteiger partial charge in [-0.1, -0.05) is 24.3 Å². The van der Waals surface area contributed by atoms with Crippen molar-refractivity contribution < 1.29 is 4.79 Å². The van der Waals surface area contributed by atoms with Gasteiger partial charge in [-0.3, -0.25) is 34.7 Å². The van der Waals surface area contributed by atoms with Gasteiger partial charge in [-0.05, 0) is 73.5 Å². The van der Waals surface area contributed by atoms with Crippen LogP contribution in [0.1, 0.15) is 45.7 Å². The number of aromatic nitrogens is 6. The first-order chi connectivity index (χ1) is 19.5. The number of benzene rings is 2. The molecule has 0 fully saturated rings. The molecule has 0 radical (unpaired) electrons. The van der Waals surface area contributed by atoms with Gasteiger partial charge in [0.1, 0.15) is 5.78 Å². The minimum atomic E-state index is -0.451. The number of ketones is 1. The third-order valence-electron chi connectivity index (χ3n) is 7.20. The second kappa shape index (κ2) is 11.1. The van der Waals surface area contributed by atoms with Crippen LogP contribution in [0.2, 0.25) is 0 Å². The average Bonchev–Trinajstić information content (AvgIpc) is 2.98. The SMILES string of the molecule is Cc1cccc(CC(C(=O)C(Cc2cccc(C)n2)c2ccc3nccnc3c2)c2ccc3nccnc3c2)n1. The topological polar surface area (TPSA) is 94.4 Å². The van der Waals surface area contributed by atoms with Crippen LogP contribution in [0.15, 0.2) is 97.6 Å². The predicted octanol–water partition coefficient (Wildman–Crippen LogP) is 5.90. The van der Waals surface area contributed by atoms with Crippen molar-refractivity contribution in [3.63, 3.8) is 0 Å². The largest absolute Gasteiger partial charge is 0.298 e. The molecule has 40 heavy (non-hydrogen) atoms. The number of hydrogen-bond donors (Lipinski definition) is 0. The molecule has 0 saturated carbocycles. The number of Topliss-reactive ketones (excluding diaryl/α,β-unsaturated/α-hetero) is 1. The van der Waals surface area contributed by atoms with Gasteiger partial charge in [0.15, 0.2) is 0 Å². The predicted molar refractivity (Wildman–Crippen MR) is 155 cm³/mol. The molecule has 2 unspecified atom stereocenters. The number of hydrogen-bond acceptors (Lipinski definition) is 7. The normalized spacial score (nSPS) is 12.8. The zero-order chi connectivity index (χ0) is 27.5. The Kier molecular flexibility index (Phi) is 7.02. The lowest BCUT2D eigenvalue weighted by Crippen LogP contribution is -2.25. The third kappa shape index (κ3) is 5.45. The minimum Gasteiger partial charge on any atom is -0.298 e. The Hall–Kier alpha value is -4.91. The molecule has 0 aliphatic heterocycles. The second-order valence-corrected chi connectivity index (χ2v) is 10.1. The van der Waals surface area contributed by atoms with Crippen LogP contribution >= 0.6 is 0 Å². The molecule has 0 aliphatic carbocycles. The lowest BCUT2D eigenvalue weighted by Gasteiger charge is -2.24. The smallest absolute Gasteiger partial charge is 0.148 e. The summed E-state index contributed by atoms with van der Waals surface area (Å²) in [7, 11) is 0. The number of nitrogens with zero attached hydrogens (tertiary/aromatic N) is 6. The quantitative estimate of drug-likeness (QED) is 0.245. The first-order valence-corrected chi connectivity index (χ1v) is 13.3. The summed E-state index contributed by atoms with van der Waals surface area (Å²) in [5.74, 6) is -0.806. The molecular formula is C33H28N6O. The fraction of sp³-hybridized carbons (Fsp3) is 0.182. The highest BCUT2D eigenvalue weighted by Gasteiger charge is 2.31. The average molecular weight is 525 g/mol. The Morgan fingerprint density at radius 2 is 1.00 bits per heavy atom. The van der Waals surface area contributed by atoms with Crippen molar-refractivity contribution in [2.24, 2.45) is 0 Å². The Morgan fingerprint density at radius 1 is 0.575 bits per heavy atom. The monoisotopic (exact) mass is 524 g/mol. The number of rotatable bonds is 8. The Bertz CT molecular complexity index is 1700. The van der Waals surface area contributed by atoms with Crippen LogP contribution < -0.4 is 0 Å². The maximum Gasteiger partial charge on any atom is 0.148 e. The summed E-state index contributed by atoms with van der Waals surface area (Å²) >= 11 is 0. The van der Waals surface area contributed by atoms with Gasteiger partial charge in [-0.15, -0.1) is 0 Å².